The molecule has 1 aromatic heterocycles. The number of pyridine rings is 1. The third kappa shape index (κ3) is 4.73. The van der Waals surface area contributed by atoms with Crippen molar-refractivity contribution in [2.24, 2.45) is 0 Å². The van der Waals surface area contributed by atoms with Crippen LogP contribution >= 0.6 is 0 Å². The van der Waals surface area contributed by atoms with E-state index >= 15 is 0 Å². The zero-order chi connectivity index (χ0) is 19.4. The summed E-state index contributed by atoms with van der Waals surface area (Å²) >= 11 is 0. The molecule has 0 unspecified atom stereocenters. The normalized spacial score (nSPS) is 12.4. The average Bonchev–Trinajstić information content (AvgIpc) is 2.61. The lowest BCUT2D eigenvalue weighted by molar-refractivity contribution is -0.137. The van der Waals surface area contributed by atoms with Crippen molar-refractivity contribution in [3.8, 4) is 0 Å². The van der Waals surface area contributed by atoms with Crippen molar-refractivity contribution in [2.75, 3.05) is 18.4 Å². The van der Waals surface area contributed by atoms with Crippen molar-refractivity contribution in [1.29, 1.82) is 0 Å². The van der Waals surface area contributed by atoms with Crippen LogP contribution in [0.5, 0.6) is 0 Å². The Kier molecular flexibility index (Phi) is 6.25. The van der Waals surface area contributed by atoms with Crippen molar-refractivity contribution in [2.45, 2.75) is 31.5 Å². The molecule has 0 amide bonds. The maximum absolute atomic E-state index is 12.5. The molecule has 2 rings (SSSR count). The highest BCUT2D eigenvalue weighted by molar-refractivity contribution is 7.89. The summed E-state index contributed by atoms with van der Waals surface area (Å²) in [6, 6.07) is 8.56. The molecule has 9 heteroatoms. The lowest BCUT2D eigenvalue weighted by Gasteiger charge is -2.18. The van der Waals surface area contributed by atoms with E-state index in [1.807, 2.05) is 0 Å². The SMILES string of the molecule is CCN(CC)S(=O)(=O)c1ccc(CNc2ccc(C(F)(F)F)cn2)cc1. The van der Waals surface area contributed by atoms with Gasteiger partial charge >= 0.3 is 6.18 Å². The van der Waals surface area contributed by atoms with E-state index in [-0.39, 0.29) is 4.90 Å². The minimum atomic E-state index is -4.42. The zero-order valence-electron chi connectivity index (χ0n) is 14.4. The minimum Gasteiger partial charge on any atom is -0.366 e. The molecule has 1 N–H and O–H groups in total. The average molecular weight is 387 g/mol. The topological polar surface area (TPSA) is 62.3 Å². The fourth-order valence-corrected chi connectivity index (χ4v) is 3.81. The molecule has 0 spiro atoms. The first-order valence-electron chi connectivity index (χ1n) is 8.04. The summed E-state index contributed by atoms with van der Waals surface area (Å²) in [6.07, 6.45) is -3.65. The molecule has 26 heavy (non-hydrogen) atoms. The highest BCUT2D eigenvalue weighted by Gasteiger charge is 2.30. The van der Waals surface area contributed by atoms with Gasteiger partial charge in [0.05, 0.1) is 10.5 Å². The third-order valence-electron chi connectivity index (χ3n) is 3.83. The fraction of sp³-hybridized carbons (Fsp3) is 0.353. The Morgan fingerprint density at radius 1 is 1.04 bits per heavy atom. The third-order valence-corrected chi connectivity index (χ3v) is 5.90. The molecule has 0 atom stereocenters. The molecular formula is C17H20F3N3O2S. The Labute approximate surface area is 150 Å². The van der Waals surface area contributed by atoms with Gasteiger partial charge in [-0.3, -0.25) is 0 Å². The van der Waals surface area contributed by atoms with Crippen LogP contribution in [0.15, 0.2) is 47.5 Å². The van der Waals surface area contributed by atoms with E-state index in [0.29, 0.717) is 25.5 Å². The highest BCUT2D eigenvalue weighted by atomic mass is 32.2. The van der Waals surface area contributed by atoms with E-state index in [1.165, 1.54) is 22.5 Å². The Balaban J connectivity index is 2.04. The molecule has 0 radical (unpaired) electrons. The van der Waals surface area contributed by atoms with E-state index in [2.05, 4.69) is 10.3 Å². The second kappa shape index (κ2) is 8.05. The van der Waals surface area contributed by atoms with Gasteiger partial charge in [0.25, 0.3) is 0 Å². The summed E-state index contributed by atoms with van der Waals surface area (Å²) in [4.78, 5) is 3.93. The quantitative estimate of drug-likeness (QED) is 0.786. The number of anilines is 1. The van der Waals surface area contributed by atoms with Gasteiger partial charge in [-0.1, -0.05) is 26.0 Å². The van der Waals surface area contributed by atoms with Crippen molar-refractivity contribution in [3.63, 3.8) is 0 Å². The lowest BCUT2D eigenvalue weighted by atomic mass is 10.2. The Hall–Kier alpha value is -2.13. The number of benzene rings is 1. The number of rotatable bonds is 7. The smallest absolute Gasteiger partial charge is 0.366 e. The second-order valence-electron chi connectivity index (χ2n) is 5.52. The molecule has 142 valence electrons. The van der Waals surface area contributed by atoms with Crippen LogP contribution in [0.1, 0.15) is 25.0 Å². The number of sulfonamides is 1. The molecule has 0 bridgehead atoms. The zero-order valence-corrected chi connectivity index (χ0v) is 15.2. The summed E-state index contributed by atoms with van der Waals surface area (Å²) in [7, 11) is -3.51. The summed E-state index contributed by atoms with van der Waals surface area (Å²) in [5, 5.41) is 2.90. The van der Waals surface area contributed by atoms with Gasteiger partial charge < -0.3 is 5.32 Å². The molecular weight excluding hydrogens is 367 g/mol. The van der Waals surface area contributed by atoms with Gasteiger partial charge in [0.2, 0.25) is 10.0 Å². The lowest BCUT2D eigenvalue weighted by Crippen LogP contribution is -2.30. The standard InChI is InChI=1S/C17H20F3N3O2S/c1-3-23(4-2)26(24,25)15-8-5-13(6-9-15)11-21-16-10-7-14(12-22-16)17(18,19)20/h5-10,12H,3-4,11H2,1-2H3,(H,21,22). The van der Waals surface area contributed by atoms with E-state index in [1.54, 1.807) is 26.0 Å². The second-order valence-corrected chi connectivity index (χ2v) is 7.45. The van der Waals surface area contributed by atoms with Crippen LogP contribution < -0.4 is 5.32 Å². The number of hydrogen-bond donors (Lipinski definition) is 1. The number of hydrogen-bond acceptors (Lipinski definition) is 4. The van der Waals surface area contributed by atoms with Gasteiger partial charge in [-0.15, -0.1) is 0 Å². The monoisotopic (exact) mass is 387 g/mol. The maximum Gasteiger partial charge on any atom is 0.417 e. The molecule has 0 aliphatic carbocycles. The Morgan fingerprint density at radius 3 is 2.12 bits per heavy atom. The number of nitrogens with one attached hydrogen (secondary N) is 1. The van der Waals surface area contributed by atoms with Crippen LogP contribution in [0, 0.1) is 0 Å². The van der Waals surface area contributed by atoms with E-state index in [0.717, 1.165) is 17.8 Å². The van der Waals surface area contributed by atoms with Crippen molar-refractivity contribution in [1.82, 2.24) is 9.29 Å². The van der Waals surface area contributed by atoms with E-state index in [4.69, 9.17) is 0 Å². The van der Waals surface area contributed by atoms with Gasteiger partial charge in [0, 0.05) is 25.8 Å². The van der Waals surface area contributed by atoms with Crippen LogP contribution in [0.2, 0.25) is 0 Å². The molecule has 0 saturated heterocycles. The number of halogens is 3. The number of nitrogens with zero attached hydrogens (tertiary/aromatic N) is 2. The van der Waals surface area contributed by atoms with Gasteiger partial charge in [-0.05, 0) is 29.8 Å². The van der Waals surface area contributed by atoms with Gasteiger partial charge in [-0.2, -0.15) is 17.5 Å². The first-order chi connectivity index (χ1) is 12.2. The molecule has 0 aliphatic heterocycles. The predicted octanol–water partition coefficient (Wildman–Crippen LogP) is 3.74. The summed E-state index contributed by atoms with van der Waals surface area (Å²) in [6.45, 7) is 4.64. The van der Waals surface area contributed by atoms with Crippen molar-refractivity contribution >= 4 is 15.8 Å². The molecule has 0 aliphatic rings. The van der Waals surface area contributed by atoms with Crippen LogP contribution in [-0.4, -0.2) is 30.8 Å². The first kappa shape index (κ1) is 20.2. The van der Waals surface area contributed by atoms with Gasteiger partial charge in [0.15, 0.2) is 0 Å². The molecule has 5 nitrogen and oxygen atoms in total. The molecule has 1 aromatic carbocycles. The summed E-state index contributed by atoms with van der Waals surface area (Å²) in [5.74, 6) is 0.304. The molecule has 0 fully saturated rings. The van der Waals surface area contributed by atoms with Crippen molar-refractivity contribution < 1.29 is 21.6 Å². The van der Waals surface area contributed by atoms with Crippen LogP contribution in [0.3, 0.4) is 0 Å². The van der Waals surface area contributed by atoms with E-state index in [9.17, 15) is 21.6 Å². The predicted molar refractivity (Wildman–Crippen MR) is 93.1 cm³/mol. The van der Waals surface area contributed by atoms with Crippen LogP contribution in [0.4, 0.5) is 19.0 Å². The van der Waals surface area contributed by atoms with Gasteiger partial charge in [0.1, 0.15) is 5.82 Å². The Bertz CT molecular complexity index is 816. The summed E-state index contributed by atoms with van der Waals surface area (Å²) < 4.78 is 63.7. The summed E-state index contributed by atoms with van der Waals surface area (Å²) in [5.41, 5.74) is -0.0285. The maximum atomic E-state index is 12.5. The Morgan fingerprint density at radius 2 is 1.65 bits per heavy atom. The van der Waals surface area contributed by atoms with Crippen molar-refractivity contribution in [3.05, 3.63) is 53.7 Å². The van der Waals surface area contributed by atoms with Crippen LogP contribution in [-0.2, 0) is 22.7 Å². The van der Waals surface area contributed by atoms with Crippen LogP contribution in [0.25, 0.3) is 0 Å². The largest absolute Gasteiger partial charge is 0.417 e. The minimum absolute atomic E-state index is 0.206. The molecule has 2 aromatic rings. The molecule has 0 saturated carbocycles. The van der Waals surface area contributed by atoms with E-state index < -0.39 is 21.8 Å². The number of alkyl halides is 3. The number of aromatic nitrogens is 1. The fourth-order valence-electron chi connectivity index (χ4n) is 2.35. The van der Waals surface area contributed by atoms with Gasteiger partial charge in [-0.25, -0.2) is 13.4 Å². The molecule has 1 heterocycles. The highest BCUT2D eigenvalue weighted by Crippen LogP contribution is 2.28. The first-order valence-corrected chi connectivity index (χ1v) is 9.48.